The Balaban J connectivity index is 2.04. The van der Waals surface area contributed by atoms with Crippen molar-refractivity contribution in [3.05, 3.63) is 40.9 Å². The number of benzene rings is 1. The van der Waals surface area contributed by atoms with E-state index in [1.165, 1.54) is 0 Å². The van der Waals surface area contributed by atoms with E-state index in [1.54, 1.807) is 0 Å². The topological polar surface area (TPSA) is 45.6 Å². The number of nitrogens with zero attached hydrogens (tertiary/aromatic N) is 2. The Morgan fingerprint density at radius 2 is 1.89 bits per heavy atom. The molecule has 0 aliphatic carbocycles. The van der Waals surface area contributed by atoms with E-state index >= 15 is 0 Å². The van der Waals surface area contributed by atoms with E-state index in [-0.39, 0.29) is 0 Å². The van der Waals surface area contributed by atoms with Crippen LogP contribution in [0.1, 0.15) is 24.6 Å². The molecule has 2 aromatic rings. The van der Waals surface area contributed by atoms with E-state index in [1.807, 2.05) is 18.2 Å². The van der Waals surface area contributed by atoms with Gasteiger partial charge in [0.15, 0.2) is 4.77 Å². The fraction of sp³-hybridized carbons (Fsp3) is 0.385. The second kappa shape index (κ2) is 5.04. The number of aromatic nitrogens is 3. The average molecular weight is 260 g/mol. The molecule has 0 atom stereocenters. The summed E-state index contributed by atoms with van der Waals surface area (Å²) in [6.07, 6.45) is 2.24. The number of aromatic amines is 1. The van der Waals surface area contributed by atoms with Crippen LogP contribution in [0.2, 0.25) is 0 Å². The lowest BCUT2D eigenvalue weighted by Gasteiger charge is -2.22. The molecular formula is C13H16N4S. The van der Waals surface area contributed by atoms with Crippen molar-refractivity contribution < 1.29 is 0 Å². The number of hydrogen-bond acceptors (Lipinski definition) is 3. The van der Waals surface area contributed by atoms with Crippen molar-refractivity contribution in [1.82, 2.24) is 20.1 Å². The van der Waals surface area contributed by atoms with Crippen LogP contribution < -0.4 is 5.32 Å². The van der Waals surface area contributed by atoms with Gasteiger partial charge in [-0.3, -0.25) is 9.67 Å². The van der Waals surface area contributed by atoms with E-state index in [4.69, 9.17) is 12.2 Å². The molecule has 94 valence electrons. The fourth-order valence-electron chi connectivity index (χ4n) is 2.49. The number of hydrogen-bond donors (Lipinski definition) is 2. The highest BCUT2D eigenvalue weighted by molar-refractivity contribution is 7.71. The molecule has 0 unspecified atom stereocenters. The molecule has 0 bridgehead atoms. The van der Waals surface area contributed by atoms with Crippen LogP contribution >= 0.6 is 12.2 Å². The van der Waals surface area contributed by atoms with Crippen molar-refractivity contribution in [2.24, 2.45) is 0 Å². The summed E-state index contributed by atoms with van der Waals surface area (Å²) in [7, 11) is 0. The lowest BCUT2D eigenvalue weighted by atomic mass is 9.97. The second-order valence-corrected chi connectivity index (χ2v) is 4.97. The quantitative estimate of drug-likeness (QED) is 0.815. The first-order chi connectivity index (χ1) is 8.86. The molecule has 1 aliphatic rings. The summed E-state index contributed by atoms with van der Waals surface area (Å²) >= 11 is 5.35. The van der Waals surface area contributed by atoms with Crippen molar-refractivity contribution in [3.8, 4) is 5.69 Å². The molecule has 0 radical (unpaired) electrons. The van der Waals surface area contributed by atoms with Crippen LogP contribution in [0.25, 0.3) is 5.69 Å². The lowest BCUT2D eigenvalue weighted by Crippen LogP contribution is -2.28. The molecule has 1 fully saturated rings. The first-order valence-corrected chi connectivity index (χ1v) is 6.70. The summed E-state index contributed by atoms with van der Waals surface area (Å²) in [6.45, 7) is 2.11. The minimum absolute atomic E-state index is 0.486. The molecule has 1 saturated heterocycles. The number of nitrogens with one attached hydrogen (secondary N) is 2. The van der Waals surface area contributed by atoms with Crippen LogP contribution in [0.4, 0.5) is 0 Å². The maximum Gasteiger partial charge on any atom is 0.199 e. The maximum atomic E-state index is 5.35. The predicted molar refractivity (Wildman–Crippen MR) is 73.6 cm³/mol. The molecule has 4 nitrogen and oxygen atoms in total. The highest BCUT2D eigenvalue weighted by Gasteiger charge is 2.21. The van der Waals surface area contributed by atoms with E-state index in [0.717, 1.165) is 37.4 Å². The molecule has 3 rings (SSSR count). The second-order valence-electron chi connectivity index (χ2n) is 4.58. The summed E-state index contributed by atoms with van der Waals surface area (Å²) in [5.41, 5.74) is 1.09. The summed E-state index contributed by atoms with van der Waals surface area (Å²) in [4.78, 5) is 0. The van der Waals surface area contributed by atoms with Gasteiger partial charge in [0, 0.05) is 11.6 Å². The van der Waals surface area contributed by atoms with Gasteiger partial charge in [-0.25, -0.2) is 0 Å². The van der Waals surface area contributed by atoms with Crippen molar-refractivity contribution >= 4 is 12.2 Å². The first-order valence-electron chi connectivity index (χ1n) is 6.30. The van der Waals surface area contributed by atoms with Gasteiger partial charge in [-0.05, 0) is 50.3 Å². The van der Waals surface area contributed by atoms with Gasteiger partial charge in [-0.2, -0.15) is 5.10 Å². The van der Waals surface area contributed by atoms with E-state index < -0.39 is 0 Å². The summed E-state index contributed by atoms with van der Waals surface area (Å²) in [5.74, 6) is 1.55. The van der Waals surface area contributed by atoms with Crippen molar-refractivity contribution in [1.29, 1.82) is 0 Å². The van der Waals surface area contributed by atoms with Crippen LogP contribution in [-0.2, 0) is 0 Å². The zero-order valence-corrected chi connectivity index (χ0v) is 10.9. The van der Waals surface area contributed by atoms with Crippen LogP contribution in [0.15, 0.2) is 30.3 Å². The summed E-state index contributed by atoms with van der Waals surface area (Å²) in [5, 5.41) is 10.7. The Hall–Kier alpha value is -1.46. The molecule has 1 aromatic heterocycles. The van der Waals surface area contributed by atoms with Crippen LogP contribution in [0.3, 0.4) is 0 Å². The van der Waals surface area contributed by atoms with Crippen LogP contribution in [0, 0.1) is 4.77 Å². The normalized spacial score (nSPS) is 16.9. The Kier molecular flexibility index (Phi) is 3.25. The Bertz CT molecular complexity index is 566. The zero-order valence-electron chi connectivity index (χ0n) is 10.1. The SMILES string of the molecule is S=c1[nH]nc(C2CCNCC2)n1-c1ccccc1. The molecule has 1 aliphatic heterocycles. The molecule has 0 saturated carbocycles. The Labute approximate surface area is 111 Å². The average Bonchev–Trinajstić information content (AvgIpc) is 2.83. The first kappa shape index (κ1) is 11.6. The van der Waals surface area contributed by atoms with Gasteiger partial charge in [-0.15, -0.1) is 0 Å². The highest BCUT2D eigenvalue weighted by atomic mass is 32.1. The van der Waals surface area contributed by atoms with E-state index in [0.29, 0.717) is 10.7 Å². The van der Waals surface area contributed by atoms with Crippen molar-refractivity contribution in [2.75, 3.05) is 13.1 Å². The van der Waals surface area contributed by atoms with Gasteiger partial charge in [0.25, 0.3) is 0 Å². The number of rotatable bonds is 2. The third-order valence-corrected chi connectivity index (χ3v) is 3.69. The smallest absolute Gasteiger partial charge is 0.199 e. The number of para-hydroxylation sites is 1. The molecular weight excluding hydrogens is 244 g/mol. The Morgan fingerprint density at radius 1 is 1.17 bits per heavy atom. The molecule has 1 aromatic carbocycles. The van der Waals surface area contributed by atoms with E-state index in [2.05, 4.69) is 32.2 Å². The molecule has 2 N–H and O–H groups in total. The third kappa shape index (κ3) is 2.11. The highest BCUT2D eigenvalue weighted by Crippen LogP contribution is 2.25. The largest absolute Gasteiger partial charge is 0.317 e. The molecule has 18 heavy (non-hydrogen) atoms. The van der Waals surface area contributed by atoms with Gasteiger partial charge in [0.1, 0.15) is 5.82 Å². The summed E-state index contributed by atoms with van der Waals surface area (Å²) < 4.78 is 2.74. The molecule has 2 heterocycles. The van der Waals surface area contributed by atoms with Gasteiger partial charge in [0.05, 0.1) is 0 Å². The monoisotopic (exact) mass is 260 g/mol. The fourth-order valence-corrected chi connectivity index (χ4v) is 2.73. The van der Waals surface area contributed by atoms with Gasteiger partial charge in [-0.1, -0.05) is 18.2 Å². The Morgan fingerprint density at radius 3 is 2.61 bits per heavy atom. The lowest BCUT2D eigenvalue weighted by molar-refractivity contribution is 0.440. The predicted octanol–water partition coefficient (Wildman–Crippen LogP) is 2.40. The minimum Gasteiger partial charge on any atom is -0.317 e. The van der Waals surface area contributed by atoms with Gasteiger partial charge < -0.3 is 5.32 Å². The van der Waals surface area contributed by atoms with Gasteiger partial charge in [0.2, 0.25) is 0 Å². The number of H-pyrrole nitrogens is 1. The van der Waals surface area contributed by atoms with Crippen LogP contribution in [0.5, 0.6) is 0 Å². The van der Waals surface area contributed by atoms with Crippen molar-refractivity contribution in [2.45, 2.75) is 18.8 Å². The van der Waals surface area contributed by atoms with E-state index in [9.17, 15) is 0 Å². The molecule has 0 spiro atoms. The third-order valence-electron chi connectivity index (χ3n) is 3.42. The number of piperidine rings is 1. The zero-order chi connectivity index (χ0) is 12.4. The molecule has 5 heteroatoms. The maximum absolute atomic E-state index is 5.35. The minimum atomic E-state index is 0.486. The summed E-state index contributed by atoms with van der Waals surface area (Å²) in [6, 6.07) is 10.2. The standard InChI is InChI=1S/C13H16N4S/c18-13-16-15-12(10-6-8-14-9-7-10)17(13)11-4-2-1-3-5-11/h1-5,10,14H,6-9H2,(H,16,18). The molecule has 0 amide bonds. The van der Waals surface area contributed by atoms with Gasteiger partial charge >= 0.3 is 0 Å². The van der Waals surface area contributed by atoms with Crippen molar-refractivity contribution in [3.63, 3.8) is 0 Å². The van der Waals surface area contributed by atoms with Crippen LogP contribution in [-0.4, -0.2) is 27.9 Å².